The van der Waals surface area contributed by atoms with Gasteiger partial charge in [0.1, 0.15) is 5.75 Å². The Hall–Kier alpha value is -1.11. The number of hydrogen-bond acceptors (Lipinski definition) is 4. The molecule has 6 heteroatoms. The average Bonchev–Trinajstić information content (AvgIpc) is 2.47. The highest BCUT2D eigenvalue weighted by atomic mass is 32.2. The Labute approximate surface area is 133 Å². The number of sulfonamides is 1. The van der Waals surface area contributed by atoms with Gasteiger partial charge in [0.15, 0.2) is 0 Å². The van der Waals surface area contributed by atoms with E-state index in [4.69, 9.17) is 4.74 Å². The van der Waals surface area contributed by atoms with Crippen LogP contribution in [0, 0.1) is 0 Å². The van der Waals surface area contributed by atoms with Gasteiger partial charge in [0.25, 0.3) is 0 Å². The van der Waals surface area contributed by atoms with Crippen LogP contribution in [0.3, 0.4) is 0 Å². The average molecular weight is 326 g/mol. The van der Waals surface area contributed by atoms with Crippen molar-refractivity contribution in [2.45, 2.75) is 38.1 Å². The minimum atomic E-state index is -3.41. The van der Waals surface area contributed by atoms with E-state index in [1.807, 2.05) is 6.92 Å². The predicted octanol–water partition coefficient (Wildman–Crippen LogP) is 2.19. The standard InChI is InChI=1S/C16H26N2O3S/c1-5-21-14-6-8-15(9-7-14)22(19,20)18-12-10-17(11-13-18)16(2,3)4/h6-9H,5,10-13H2,1-4H3. The molecule has 0 amide bonds. The first-order chi connectivity index (χ1) is 10.2. The van der Waals surface area contributed by atoms with Gasteiger partial charge in [-0.2, -0.15) is 4.31 Å². The number of benzene rings is 1. The van der Waals surface area contributed by atoms with Crippen LogP contribution in [-0.2, 0) is 10.0 Å². The molecule has 0 aromatic heterocycles. The molecular formula is C16H26N2O3S. The van der Waals surface area contributed by atoms with Crippen molar-refractivity contribution in [2.75, 3.05) is 32.8 Å². The molecule has 5 nitrogen and oxygen atoms in total. The van der Waals surface area contributed by atoms with E-state index in [2.05, 4.69) is 25.7 Å². The summed E-state index contributed by atoms with van der Waals surface area (Å²) >= 11 is 0. The molecule has 0 radical (unpaired) electrons. The highest BCUT2D eigenvalue weighted by Gasteiger charge is 2.32. The van der Waals surface area contributed by atoms with Crippen LogP contribution in [0.5, 0.6) is 5.75 Å². The van der Waals surface area contributed by atoms with Crippen LogP contribution >= 0.6 is 0 Å². The quantitative estimate of drug-likeness (QED) is 0.851. The topological polar surface area (TPSA) is 49.9 Å². The summed E-state index contributed by atoms with van der Waals surface area (Å²) in [5, 5.41) is 0. The number of hydrogen-bond donors (Lipinski definition) is 0. The smallest absolute Gasteiger partial charge is 0.243 e. The van der Waals surface area contributed by atoms with Crippen molar-refractivity contribution >= 4 is 10.0 Å². The Morgan fingerprint density at radius 3 is 2.05 bits per heavy atom. The Kier molecular flexibility index (Phi) is 5.14. The van der Waals surface area contributed by atoms with Crippen LogP contribution < -0.4 is 4.74 Å². The molecule has 1 aromatic carbocycles. The summed E-state index contributed by atoms with van der Waals surface area (Å²) in [6.45, 7) is 11.5. The fourth-order valence-corrected chi connectivity index (χ4v) is 4.05. The van der Waals surface area contributed by atoms with Gasteiger partial charge in [-0.15, -0.1) is 0 Å². The Balaban J connectivity index is 2.08. The van der Waals surface area contributed by atoms with E-state index in [1.54, 1.807) is 28.6 Å². The zero-order chi connectivity index (χ0) is 16.4. The SMILES string of the molecule is CCOc1ccc(S(=O)(=O)N2CCN(C(C)(C)C)CC2)cc1. The second-order valence-electron chi connectivity index (χ2n) is 6.47. The van der Waals surface area contributed by atoms with Crippen LogP contribution in [0.2, 0.25) is 0 Å². The molecule has 1 saturated heterocycles. The van der Waals surface area contributed by atoms with E-state index < -0.39 is 10.0 Å². The van der Waals surface area contributed by atoms with Gasteiger partial charge < -0.3 is 4.74 Å². The van der Waals surface area contributed by atoms with Crippen LogP contribution in [0.15, 0.2) is 29.2 Å². The van der Waals surface area contributed by atoms with Crippen molar-refractivity contribution in [2.24, 2.45) is 0 Å². The molecule has 0 atom stereocenters. The maximum Gasteiger partial charge on any atom is 0.243 e. The van der Waals surface area contributed by atoms with Crippen molar-refractivity contribution in [3.63, 3.8) is 0 Å². The number of nitrogens with zero attached hydrogens (tertiary/aromatic N) is 2. The minimum Gasteiger partial charge on any atom is -0.494 e. The molecule has 0 aliphatic carbocycles. The maximum absolute atomic E-state index is 12.7. The zero-order valence-corrected chi connectivity index (χ0v) is 14.7. The molecule has 1 fully saturated rings. The van der Waals surface area contributed by atoms with Crippen molar-refractivity contribution in [1.29, 1.82) is 0 Å². The van der Waals surface area contributed by atoms with Crippen LogP contribution in [0.25, 0.3) is 0 Å². The van der Waals surface area contributed by atoms with Gasteiger partial charge in [-0.1, -0.05) is 0 Å². The van der Waals surface area contributed by atoms with Gasteiger partial charge in [0, 0.05) is 31.7 Å². The summed E-state index contributed by atoms with van der Waals surface area (Å²) in [6.07, 6.45) is 0. The van der Waals surface area contributed by atoms with Crippen LogP contribution in [0.1, 0.15) is 27.7 Å². The van der Waals surface area contributed by atoms with Crippen LogP contribution in [0.4, 0.5) is 0 Å². The molecule has 0 N–H and O–H groups in total. The lowest BCUT2D eigenvalue weighted by molar-refractivity contribution is 0.0922. The van der Waals surface area contributed by atoms with Crippen molar-refractivity contribution in [1.82, 2.24) is 9.21 Å². The predicted molar refractivity (Wildman–Crippen MR) is 87.7 cm³/mol. The van der Waals surface area contributed by atoms with E-state index in [0.717, 1.165) is 13.1 Å². The van der Waals surface area contributed by atoms with Gasteiger partial charge in [0.2, 0.25) is 10.0 Å². The Morgan fingerprint density at radius 2 is 1.59 bits per heavy atom. The molecule has 124 valence electrons. The number of ether oxygens (including phenoxy) is 1. The molecule has 0 spiro atoms. The van der Waals surface area contributed by atoms with Crippen LogP contribution in [-0.4, -0.2) is 55.9 Å². The summed E-state index contributed by atoms with van der Waals surface area (Å²) in [4.78, 5) is 2.65. The third kappa shape index (κ3) is 3.80. The first kappa shape index (κ1) is 17.2. The molecule has 2 rings (SSSR count). The van der Waals surface area contributed by atoms with E-state index in [1.165, 1.54) is 0 Å². The van der Waals surface area contributed by atoms with Crippen molar-refractivity contribution in [3.8, 4) is 5.75 Å². The van der Waals surface area contributed by atoms with Gasteiger partial charge in [-0.25, -0.2) is 8.42 Å². The van der Waals surface area contributed by atoms with Gasteiger partial charge in [0.05, 0.1) is 11.5 Å². The molecule has 1 aliphatic rings. The lowest BCUT2D eigenvalue weighted by Gasteiger charge is -2.41. The second kappa shape index (κ2) is 6.56. The summed E-state index contributed by atoms with van der Waals surface area (Å²) < 4.78 is 32.3. The van der Waals surface area contributed by atoms with E-state index in [-0.39, 0.29) is 5.54 Å². The number of piperazine rings is 1. The maximum atomic E-state index is 12.7. The Bertz CT molecular complexity index is 583. The first-order valence-electron chi connectivity index (χ1n) is 7.73. The zero-order valence-electron chi connectivity index (χ0n) is 13.9. The molecule has 1 aliphatic heterocycles. The molecule has 0 unspecified atom stereocenters. The van der Waals surface area contributed by atoms with Crippen molar-refractivity contribution in [3.05, 3.63) is 24.3 Å². The van der Waals surface area contributed by atoms with Gasteiger partial charge in [-0.05, 0) is 52.0 Å². The normalized spacial score (nSPS) is 18.4. The largest absolute Gasteiger partial charge is 0.494 e. The third-order valence-corrected chi connectivity index (χ3v) is 5.87. The molecule has 0 bridgehead atoms. The highest BCUT2D eigenvalue weighted by molar-refractivity contribution is 7.89. The fourth-order valence-electron chi connectivity index (χ4n) is 2.62. The van der Waals surface area contributed by atoms with E-state index in [9.17, 15) is 8.42 Å². The summed E-state index contributed by atoms with van der Waals surface area (Å²) in [6, 6.07) is 6.66. The van der Waals surface area contributed by atoms with Gasteiger partial charge >= 0.3 is 0 Å². The number of rotatable bonds is 4. The monoisotopic (exact) mass is 326 g/mol. The van der Waals surface area contributed by atoms with E-state index in [0.29, 0.717) is 30.3 Å². The summed E-state index contributed by atoms with van der Waals surface area (Å²) in [5.41, 5.74) is 0.0784. The second-order valence-corrected chi connectivity index (χ2v) is 8.40. The molecule has 1 heterocycles. The Morgan fingerprint density at radius 1 is 1.05 bits per heavy atom. The molecule has 1 aromatic rings. The highest BCUT2D eigenvalue weighted by Crippen LogP contribution is 2.23. The first-order valence-corrected chi connectivity index (χ1v) is 9.17. The summed E-state index contributed by atoms with van der Waals surface area (Å²) in [7, 11) is -3.41. The van der Waals surface area contributed by atoms with E-state index >= 15 is 0 Å². The molecule has 0 saturated carbocycles. The van der Waals surface area contributed by atoms with Crippen molar-refractivity contribution < 1.29 is 13.2 Å². The fraction of sp³-hybridized carbons (Fsp3) is 0.625. The summed E-state index contributed by atoms with van der Waals surface area (Å²) in [5.74, 6) is 0.694. The minimum absolute atomic E-state index is 0.0784. The lowest BCUT2D eigenvalue weighted by Crippen LogP contribution is -2.54. The molecular weight excluding hydrogens is 300 g/mol. The third-order valence-electron chi connectivity index (χ3n) is 3.96. The molecule has 22 heavy (non-hydrogen) atoms. The van der Waals surface area contributed by atoms with Gasteiger partial charge in [-0.3, -0.25) is 4.90 Å². The lowest BCUT2D eigenvalue weighted by atomic mass is 10.1.